The summed E-state index contributed by atoms with van der Waals surface area (Å²) in [5.74, 6) is -1.01. The maximum absolute atomic E-state index is 11.2. The summed E-state index contributed by atoms with van der Waals surface area (Å²) in [6.07, 6.45) is 0.571. The van der Waals surface area contributed by atoms with Crippen LogP contribution in [-0.2, 0) is 9.59 Å². The fourth-order valence-electron chi connectivity index (χ4n) is 1.36. The summed E-state index contributed by atoms with van der Waals surface area (Å²) >= 11 is 4.72. The van der Waals surface area contributed by atoms with Crippen molar-refractivity contribution >= 4 is 39.6 Å². The molecule has 0 aliphatic heterocycles. The number of carboxylic acids is 1. The smallest absolute Gasteiger partial charge is 0.331 e. The van der Waals surface area contributed by atoms with E-state index in [-0.39, 0.29) is 0 Å². The maximum atomic E-state index is 11.2. The lowest BCUT2D eigenvalue weighted by molar-refractivity contribution is -0.146. The number of hydrogen-bond donors (Lipinski definition) is 1. The topological polar surface area (TPSA) is 57.6 Å². The van der Waals surface area contributed by atoms with Crippen LogP contribution in [0.1, 0.15) is 22.7 Å². The first-order valence-corrected chi connectivity index (χ1v) is 6.31. The first-order valence-electron chi connectivity index (χ1n) is 4.71. The number of hydrogen-bond acceptors (Lipinski definition) is 3. The maximum Gasteiger partial charge on any atom is 0.331 e. The number of halogens is 1. The van der Waals surface area contributed by atoms with Gasteiger partial charge in [-0.25, -0.2) is 4.79 Å². The van der Waals surface area contributed by atoms with Crippen LogP contribution in [-0.4, -0.2) is 28.9 Å². The molecule has 1 aromatic heterocycles. The lowest BCUT2D eigenvalue weighted by Crippen LogP contribution is -2.32. The molecule has 0 aliphatic rings. The van der Waals surface area contributed by atoms with Crippen LogP contribution in [0.2, 0.25) is 0 Å². The minimum atomic E-state index is -1.01. The highest BCUT2D eigenvalue weighted by Gasteiger charge is 2.27. The van der Waals surface area contributed by atoms with Crippen molar-refractivity contribution in [3.05, 3.63) is 20.3 Å². The molecular weight excluding hydrogens is 294 g/mol. The molecule has 1 amide bonds. The van der Waals surface area contributed by atoms with Gasteiger partial charge in [-0.3, -0.25) is 4.79 Å². The molecule has 1 rings (SSSR count). The van der Waals surface area contributed by atoms with Gasteiger partial charge in [0.25, 0.3) is 0 Å². The molecule has 1 heterocycles. The highest BCUT2D eigenvalue weighted by atomic mass is 79.9. The molecule has 4 nitrogen and oxygen atoms in total. The van der Waals surface area contributed by atoms with Gasteiger partial charge in [0.05, 0.1) is 0 Å². The standard InChI is InChI=1S/C10H12BrNO3S/c1-3-12(5-13)9(10(14)15)8-4-7(11)6(2)16-8/h4-5,9H,3H2,1-2H3,(H,14,15). The highest BCUT2D eigenvalue weighted by molar-refractivity contribution is 9.10. The van der Waals surface area contributed by atoms with Crippen LogP contribution in [0.4, 0.5) is 0 Å². The average Bonchev–Trinajstić information content (AvgIpc) is 2.54. The van der Waals surface area contributed by atoms with Crippen molar-refractivity contribution < 1.29 is 14.7 Å². The molecule has 0 saturated carbocycles. The van der Waals surface area contributed by atoms with Gasteiger partial charge in [0.15, 0.2) is 6.04 Å². The van der Waals surface area contributed by atoms with E-state index in [0.29, 0.717) is 17.8 Å². The Bertz CT molecular complexity index is 385. The molecule has 6 heteroatoms. The fraction of sp³-hybridized carbons (Fsp3) is 0.400. The molecule has 0 spiro atoms. The zero-order chi connectivity index (χ0) is 12.3. The lowest BCUT2D eigenvalue weighted by atomic mass is 10.2. The lowest BCUT2D eigenvalue weighted by Gasteiger charge is -2.22. The van der Waals surface area contributed by atoms with E-state index < -0.39 is 12.0 Å². The van der Waals surface area contributed by atoms with Crippen LogP contribution < -0.4 is 0 Å². The van der Waals surface area contributed by atoms with Gasteiger partial charge < -0.3 is 10.0 Å². The number of carboxylic acid groups (broad SMARTS) is 1. The average molecular weight is 306 g/mol. The number of carbonyl (C=O) groups excluding carboxylic acids is 1. The van der Waals surface area contributed by atoms with E-state index in [1.165, 1.54) is 16.2 Å². The molecule has 0 saturated heterocycles. The first kappa shape index (κ1) is 13.2. The second-order valence-corrected chi connectivity index (χ2v) is 5.37. The third-order valence-electron chi connectivity index (χ3n) is 2.21. The van der Waals surface area contributed by atoms with Gasteiger partial charge in [-0.2, -0.15) is 0 Å². The molecule has 1 N–H and O–H groups in total. The molecule has 16 heavy (non-hydrogen) atoms. The Balaban J connectivity index is 3.11. The summed E-state index contributed by atoms with van der Waals surface area (Å²) in [7, 11) is 0. The van der Waals surface area contributed by atoms with Gasteiger partial charge >= 0.3 is 5.97 Å². The number of nitrogens with zero attached hydrogens (tertiary/aromatic N) is 1. The van der Waals surface area contributed by atoms with E-state index in [1.54, 1.807) is 13.0 Å². The Labute approximate surface area is 106 Å². The molecule has 0 fully saturated rings. The zero-order valence-electron chi connectivity index (χ0n) is 8.94. The number of likely N-dealkylation sites (N-methyl/N-ethyl adjacent to an activating group) is 1. The normalized spacial score (nSPS) is 12.2. The van der Waals surface area contributed by atoms with Crippen molar-refractivity contribution in [2.45, 2.75) is 19.9 Å². The Hall–Kier alpha value is -0.880. The molecule has 0 bridgehead atoms. The summed E-state index contributed by atoms with van der Waals surface area (Å²) in [5, 5.41) is 9.15. The third kappa shape index (κ3) is 2.62. The Morgan fingerprint density at radius 2 is 2.38 bits per heavy atom. The summed E-state index contributed by atoms with van der Waals surface area (Å²) < 4.78 is 0.876. The van der Waals surface area contributed by atoms with E-state index >= 15 is 0 Å². The Kier molecular flexibility index (Phi) is 4.49. The SMILES string of the molecule is CCN(C=O)C(C(=O)O)c1cc(Br)c(C)s1. The number of thiophene rings is 1. The predicted octanol–water partition coefficient (Wildman–Crippen LogP) is 2.42. The van der Waals surface area contributed by atoms with Gasteiger partial charge in [0.1, 0.15) is 0 Å². The summed E-state index contributed by atoms with van der Waals surface area (Å²) in [5.41, 5.74) is 0. The van der Waals surface area contributed by atoms with Gasteiger partial charge in [0, 0.05) is 20.8 Å². The van der Waals surface area contributed by atoms with Crippen LogP contribution >= 0.6 is 27.3 Å². The van der Waals surface area contributed by atoms with E-state index in [0.717, 1.165) is 9.35 Å². The van der Waals surface area contributed by atoms with E-state index in [4.69, 9.17) is 5.11 Å². The molecule has 0 aliphatic carbocycles. The number of rotatable bonds is 5. The molecule has 1 atom stereocenters. The highest BCUT2D eigenvalue weighted by Crippen LogP contribution is 2.33. The number of amides is 1. The van der Waals surface area contributed by atoms with Crippen LogP contribution in [0.3, 0.4) is 0 Å². The van der Waals surface area contributed by atoms with E-state index in [1.807, 2.05) is 6.92 Å². The second kappa shape index (κ2) is 5.45. The molecular formula is C10H12BrNO3S. The summed E-state index contributed by atoms with van der Waals surface area (Å²) in [6.45, 7) is 4.02. The van der Waals surface area contributed by atoms with Gasteiger partial charge in [-0.1, -0.05) is 0 Å². The van der Waals surface area contributed by atoms with Crippen molar-refractivity contribution in [2.24, 2.45) is 0 Å². The van der Waals surface area contributed by atoms with E-state index in [9.17, 15) is 9.59 Å². The minimum Gasteiger partial charge on any atom is -0.479 e. The molecule has 0 radical (unpaired) electrons. The van der Waals surface area contributed by atoms with Crippen molar-refractivity contribution in [3.8, 4) is 0 Å². The van der Waals surface area contributed by atoms with Crippen molar-refractivity contribution in [1.29, 1.82) is 0 Å². The quantitative estimate of drug-likeness (QED) is 0.850. The summed E-state index contributed by atoms with van der Waals surface area (Å²) in [6, 6.07) is 0.864. The van der Waals surface area contributed by atoms with Crippen molar-refractivity contribution in [2.75, 3.05) is 6.54 Å². The van der Waals surface area contributed by atoms with Crippen LogP contribution in [0.5, 0.6) is 0 Å². The Morgan fingerprint density at radius 3 is 2.69 bits per heavy atom. The van der Waals surface area contributed by atoms with Gasteiger partial charge in [-0.05, 0) is 35.8 Å². The molecule has 1 aromatic rings. The van der Waals surface area contributed by atoms with Crippen molar-refractivity contribution in [3.63, 3.8) is 0 Å². The second-order valence-electron chi connectivity index (χ2n) is 3.23. The van der Waals surface area contributed by atoms with Crippen molar-refractivity contribution in [1.82, 2.24) is 4.90 Å². The van der Waals surface area contributed by atoms with Crippen LogP contribution in [0, 0.1) is 6.92 Å². The molecule has 1 unspecified atom stereocenters. The number of aliphatic carboxylic acids is 1. The molecule has 88 valence electrons. The number of carbonyl (C=O) groups is 2. The molecule has 0 aromatic carbocycles. The first-order chi connectivity index (χ1) is 7.51. The monoisotopic (exact) mass is 305 g/mol. The third-order valence-corrected chi connectivity index (χ3v) is 4.40. The minimum absolute atomic E-state index is 0.370. The predicted molar refractivity (Wildman–Crippen MR) is 65.6 cm³/mol. The Morgan fingerprint density at radius 1 is 1.75 bits per heavy atom. The van der Waals surface area contributed by atoms with E-state index in [2.05, 4.69) is 15.9 Å². The largest absolute Gasteiger partial charge is 0.479 e. The van der Waals surface area contributed by atoms with Gasteiger partial charge in [0.2, 0.25) is 6.41 Å². The van der Waals surface area contributed by atoms with Crippen LogP contribution in [0.15, 0.2) is 10.5 Å². The fourth-order valence-corrected chi connectivity index (χ4v) is 3.04. The zero-order valence-corrected chi connectivity index (χ0v) is 11.3. The van der Waals surface area contributed by atoms with Crippen LogP contribution in [0.25, 0.3) is 0 Å². The van der Waals surface area contributed by atoms with Gasteiger partial charge in [-0.15, -0.1) is 11.3 Å². The summed E-state index contributed by atoms with van der Waals surface area (Å²) in [4.78, 5) is 24.9. The number of aryl methyl sites for hydroxylation is 1.